The van der Waals surface area contributed by atoms with Crippen molar-refractivity contribution in [2.45, 2.75) is 6.54 Å². The first-order valence-corrected chi connectivity index (χ1v) is 6.79. The predicted molar refractivity (Wildman–Crippen MR) is 84.4 cm³/mol. The van der Waals surface area contributed by atoms with Gasteiger partial charge >= 0.3 is 11.7 Å². The minimum atomic E-state index is -0.900. The standard InChI is InChI=1S/C15H16FN5O2/c1-20(2)10-18-13-12(16)9-21(15(23)19-13)14(22)17-8-11-6-4-3-5-7-11/h3-7,9-10H,8H2,1-2H3,(H,17,22)/b18-10+. The Kier molecular flexibility index (Phi) is 5.19. The minimum Gasteiger partial charge on any atom is -0.369 e. The summed E-state index contributed by atoms with van der Waals surface area (Å²) in [7, 11) is 3.39. The van der Waals surface area contributed by atoms with Gasteiger partial charge in [-0.15, -0.1) is 0 Å². The Hall–Kier alpha value is -3.03. The molecule has 8 heteroatoms. The topological polar surface area (TPSA) is 79.6 Å². The van der Waals surface area contributed by atoms with Crippen molar-refractivity contribution in [2.24, 2.45) is 4.99 Å². The summed E-state index contributed by atoms with van der Waals surface area (Å²) in [4.78, 5) is 32.6. The van der Waals surface area contributed by atoms with Crippen molar-refractivity contribution < 1.29 is 9.18 Å². The van der Waals surface area contributed by atoms with Crippen LogP contribution >= 0.6 is 0 Å². The summed E-state index contributed by atoms with van der Waals surface area (Å²) in [6, 6.07) is 8.39. The third kappa shape index (κ3) is 4.47. The molecule has 0 spiro atoms. The molecule has 0 aliphatic rings. The second-order valence-corrected chi connectivity index (χ2v) is 4.92. The third-order valence-corrected chi connectivity index (χ3v) is 2.78. The Labute approximate surface area is 132 Å². The molecule has 1 N–H and O–H groups in total. The molecule has 23 heavy (non-hydrogen) atoms. The van der Waals surface area contributed by atoms with E-state index in [1.807, 2.05) is 30.3 Å². The number of rotatable bonds is 4. The van der Waals surface area contributed by atoms with E-state index >= 15 is 0 Å². The maximum atomic E-state index is 13.9. The predicted octanol–water partition coefficient (Wildman–Crippen LogP) is 1.36. The zero-order chi connectivity index (χ0) is 16.8. The lowest BCUT2D eigenvalue weighted by atomic mass is 10.2. The minimum absolute atomic E-state index is 0.217. The van der Waals surface area contributed by atoms with Gasteiger partial charge in [-0.2, -0.15) is 4.98 Å². The zero-order valence-corrected chi connectivity index (χ0v) is 12.7. The molecule has 1 heterocycles. The van der Waals surface area contributed by atoms with Crippen LogP contribution in [0.25, 0.3) is 0 Å². The summed E-state index contributed by atoms with van der Waals surface area (Å²) in [5, 5.41) is 2.52. The van der Waals surface area contributed by atoms with E-state index in [0.717, 1.165) is 11.8 Å². The van der Waals surface area contributed by atoms with Crippen LogP contribution in [0, 0.1) is 5.82 Å². The first kappa shape index (κ1) is 16.3. The van der Waals surface area contributed by atoms with Gasteiger partial charge in [0.05, 0.1) is 12.5 Å². The van der Waals surface area contributed by atoms with Gasteiger partial charge in [0.25, 0.3) is 0 Å². The summed E-state index contributed by atoms with van der Waals surface area (Å²) in [6.07, 6.45) is 2.09. The van der Waals surface area contributed by atoms with E-state index in [2.05, 4.69) is 15.3 Å². The maximum absolute atomic E-state index is 13.9. The number of nitrogens with one attached hydrogen (secondary N) is 1. The summed E-state index contributed by atoms with van der Waals surface area (Å²) in [6.45, 7) is 0.217. The molecular formula is C15H16FN5O2. The van der Waals surface area contributed by atoms with Crippen molar-refractivity contribution in [3.05, 3.63) is 58.4 Å². The van der Waals surface area contributed by atoms with E-state index in [4.69, 9.17) is 0 Å². The molecule has 1 amide bonds. The van der Waals surface area contributed by atoms with Crippen molar-refractivity contribution in [3.8, 4) is 0 Å². The van der Waals surface area contributed by atoms with Gasteiger partial charge in [-0.3, -0.25) is 0 Å². The number of hydrogen-bond donors (Lipinski definition) is 1. The first-order valence-electron chi connectivity index (χ1n) is 6.79. The van der Waals surface area contributed by atoms with E-state index in [-0.39, 0.29) is 12.4 Å². The van der Waals surface area contributed by atoms with Gasteiger partial charge in [0.2, 0.25) is 0 Å². The molecule has 0 aliphatic heterocycles. The fraction of sp³-hybridized carbons (Fsp3) is 0.200. The van der Waals surface area contributed by atoms with Crippen molar-refractivity contribution in [2.75, 3.05) is 14.1 Å². The smallest absolute Gasteiger partial charge is 0.358 e. The summed E-state index contributed by atoms with van der Waals surface area (Å²) >= 11 is 0. The fourth-order valence-corrected chi connectivity index (χ4v) is 1.69. The van der Waals surface area contributed by atoms with Crippen LogP contribution in [0.3, 0.4) is 0 Å². The molecule has 0 aliphatic carbocycles. The SMILES string of the molecule is CN(C)/C=N/c1nc(=O)n(C(=O)NCc2ccccc2)cc1F. The van der Waals surface area contributed by atoms with Crippen LogP contribution in [0.4, 0.5) is 15.0 Å². The van der Waals surface area contributed by atoms with Gasteiger partial charge in [0.1, 0.15) is 0 Å². The zero-order valence-electron chi connectivity index (χ0n) is 12.7. The van der Waals surface area contributed by atoms with Crippen LogP contribution in [-0.4, -0.2) is 40.9 Å². The Morgan fingerprint density at radius 1 is 1.39 bits per heavy atom. The number of carbonyl (C=O) groups is 1. The molecule has 1 aromatic heterocycles. The monoisotopic (exact) mass is 317 g/mol. The number of benzene rings is 1. The van der Waals surface area contributed by atoms with E-state index < -0.39 is 17.5 Å². The molecule has 0 saturated heterocycles. The molecule has 2 rings (SSSR count). The Bertz CT molecular complexity index is 771. The largest absolute Gasteiger partial charge is 0.369 e. The molecule has 2 aromatic rings. The van der Waals surface area contributed by atoms with Gasteiger partial charge in [-0.25, -0.2) is 23.5 Å². The highest BCUT2D eigenvalue weighted by atomic mass is 19.1. The Morgan fingerprint density at radius 3 is 2.74 bits per heavy atom. The van der Waals surface area contributed by atoms with Crippen molar-refractivity contribution in [1.82, 2.24) is 19.8 Å². The molecule has 0 saturated carbocycles. The summed E-state index contributed by atoms with van der Waals surface area (Å²) < 4.78 is 14.4. The van der Waals surface area contributed by atoms with Gasteiger partial charge in [0.15, 0.2) is 11.6 Å². The lowest BCUT2D eigenvalue weighted by Gasteiger charge is -2.08. The molecule has 0 bridgehead atoms. The summed E-state index contributed by atoms with van der Waals surface area (Å²) in [5.74, 6) is -1.23. The normalized spacial score (nSPS) is 10.7. The van der Waals surface area contributed by atoms with Crippen LogP contribution < -0.4 is 11.0 Å². The number of nitrogens with zero attached hydrogens (tertiary/aromatic N) is 4. The molecule has 1 aromatic carbocycles. The van der Waals surface area contributed by atoms with Crippen LogP contribution in [0.15, 0.2) is 46.3 Å². The number of carbonyl (C=O) groups excluding carboxylic acids is 1. The van der Waals surface area contributed by atoms with E-state index in [9.17, 15) is 14.0 Å². The molecule has 120 valence electrons. The van der Waals surface area contributed by atoms with Gasteiger partial charge in [-0.05, 0) is 5.56 Å². The quantitative estimate of drug-likeness (QED) is 0.682. The Morgan fingerprint density at radius 2 is 2.09 bits per heavy atom. The molecule has 0 atom stereocenters. The van der Waals surface area contributed by atoms with Crippen molar-refractivity contribution in [1.29, 1.82) is 0 Å². The van der Waals surface area contributed by atoms with E-state index in [1.165, 1.54) is 6.34 Å². The number of amides is 1. The van der Waals surface area contributed by atoms with Crippen molar-refractivity contribution in [3.63, 3.8) is 0 Å². The number of aromatic nitrogens is 2. The van der Waals surface area contributed by atoms with Crippen LogP contribution in [0.1, 0.15) is 5.56 Å². The van der Waals surface area contributed by atoms with Gasteiger partial charge < -0.3 is 10.2 Å². The van der Waals surface area contributed by atoms with Crippen molar-refractivity contribution >= 4 is 18.2 Å². The highest BCUT2D eigenvalue weighted by Crippen LogP contribution is 2.10. The molecule has 0 unspecified atom stereocenters. The lowest BCUT2D eigenvalue weighted by molar-refractivity contribution is 0.240. The second kappa shape index (κ2) is 7.30. The van der Waals surface area contributed by atoms with E-state index in [1.54, 1.807) is 19.0 Å². The van der Waals surface area contributed by atoms with Gasteiger partial charge in [0, 0.05) is 20.6 Å². The average molecular weight is 317 g/mol. The van der Waals surface area contributed by atoms with Gasteiger partial charge in [-0.1, -0.05) is 30.3 Å². The molecule has 0 radical (unpaired) electrons. The van der Waals surface area contributed by atoms with E-state index in [0.29, 0.717) is 4.57 Å². The highest BCUT2D eigenvalue weighted by Gasteiger charge is 2.12. The maximum Gasteiger partial charge on any atom is 0.358 e. The third-order valence-electron chi connectivity index (χ3n) is 2.78. The number of aliphatic imine (C=N–C) groups is 1. The molecule has 7 nitrogen and oxygen atoms in total. The van der Waals surface area contributed by atoms with Crippen LogP contribution in [-0.2, 0) is 6.54 Å². The van der Waals surface area contributed by atoms with Crippen LogP contribution in [0.2, 0.25) is 0 Å². The fourth-order valence-electron chi connectivity index (χ4n) is 1.69. The second-order valence-electron chi connectivity index (χ2n) is 4.92. The Balaban J connectivity index is 2.15. The lowest BCUT2D eigenvalue weighted by Crippen LogP contribution is -2.37. The average Bonchev–Trinajstić information content (AvgIpc) is 2.54. The number of hydrogen-bond acceptors (Lipinski definition) is 4. The highest BCUT2D eigenvalue weighted by molar-refractivity contribution is 5.76. The molecular weight excluding hydrogens is 301 g/mol. The number of halogens is 1. The summed E-state index contributed by atoms with van der Waals surface area (Å²) in [5.41, 5.74) is -0.0441. The van der Waals surface area contributed by atoms with Crippen LogP contribution in [0.5, 0.6) is 0 Å². The first-order chi connectivity index (χ1) is 11.0. The molecule has 0 fully saturated rings.